The third kappa shape index (κ3) is 3.15. The Morgan fingerprint density at radius 2 is 1.86 bits per heavy atom. The molecule has 108 valence electrons. The van der Waals surface area contributed by atoms with E-state index in [0.29, 0.717) is 11.4 Å². The van der Waals surface area contributed by atoms with Gasteiger partial charge in [0.15, 0.2) is 0 Å². The van der Waals surface area contributed by atoms with Crippen molar-refractivity contribution in [3.63, 3.8) is 0 Å². The number of benzene rings is 2. The fourth-order valence-corrected chi connectivity index (χ4v) is 3.27. The number of aryl methyl sites for hydroxylation is 2. The number of nitrogens with two attached hydrogens (primary N) is 1. The number of hydrogen-bond acceptors (Lipinski definition) is 4. The Hall–Kier alpha value is -2.52. The van der Waals surface area contributed by atoms with E-state index >= 15 is 0 Å². The summed E-state index contributed by atoms with van der Waals surface area (Å²) in [4.78, 5) is -0.0841. The minimum atomic E-state index is -3.84. The highest BCUT2D eigenvalue weighted by atomic mass is 32.2. The van der Waals surface area contributed by atoms with Gasteiger partial charge in [-0.2, -0.15) is 5.26 Å². The molecule has 6 heteroatoms. The first kappa shape index (κ1) is 14.9. The maximum absolute atomic E-state index is 12.4. The fourth-order valence-electron chi connectivity index (χ4n) is 2.00. The molecule has 0 heterocycles. The Morgan fingerprint density at radius 1 is 1.14 bits per heavy atom. The predicted molar refractivity (Wildman–Crippen MR) is 82.3 cm³/mol. The van der Waals surface area contributed by atoms with Gasteiger partial charge in [0.2, 0.25) is 0 Å². The van der Waals surface area contributed by atoms with Crippen LogP contribution in [0.15, 0.2) is 41.3 Å². The van der Waals surface area contributed by atoms with Crippen molar-refractivity contribution in [3.05, 3.63) is 53.1 Å². The summed E-state index contributed by atoms with van der Waals surface area (Å²) in [6, 6.07) is 11.4. The van der Waals surface area contributed by atoms with Gasteiger partial charge in [-0.05, 0) is 43.7 Å². The molecular weight excluding hydrogens is 286 g/mol. The van der Waals surface area contributed by atoms with Gasteiger partial charge < -0.3 is 5.73 Å². The molecule has 0 amide bonds. The van der Waals surface area contributed by atoms with Crippen molar-refractivity contribution in [1.29, 1.82) is 5.26 Å². The van der Waals surface area contributed by atoms with Gasteiger partial charge in [0.1, 0.15) is 11.0 Å². The second-order valence-electron chi connectivity index (χ2n) is 4.79. The number of nitriles is 1. The Morgan fingerprint density at radius 3 is 2.48 bits per heavy atom. The zero-order valence-electron chi connectivity index (χ0n) is 11.7. The molecule has 0 aliphatic heterocycles. The second-order valence-corrected chi connectivity index (χ2v) is 6.44. The number of rotatable bonds is 3. The van der Waals surface area contributed by atoms with Gasteiger partial charge in [-0.1, -0.05) is 17.7 Å². The SMILES string of the molecule is Cc1ccc(NS(=O)(=O)c2ccc(N)cc2C#N)c(C)c1. The lowest BCUT2D eigenvalue weighted by Gasteiger charge is -2.12. The van der Waals surface area contributed by atoms with Crippen LogP contribution < -0.4 is 10.5 Å². The molecule has 0 radical (unpaired) electrons. The molecule has 0 bridgehead atoms. The molecule has 0 saturated carbocycles. The minimum Gasteiger partial charge on any atom is -0.399 e. The van der Waals surface area contributed by atoms with Gasteiger partial charge in [-0.15, -0.1) is 0 Å². The lowest BCUT2D eigenvalue weighted by Crippen LogP contribution is -2.15. The van der Waals surface area contributed by atoms with E-state index in [9.17, 15) is 8.42 Å². The normalized spacial score (nSPS) is 10.9. The average molecular weight is 301 g/mol. The molecule has 3 N–H and O–H groups in total. The maximum Gasteiger partial charge on any atom is 0.263 e. The van der Waals surface area contributed by atoms with Crippen molar-refractivity contribution in [2.75, 3.05) is 10.5 Å². The Bertz CT molecular complexity index is 836. The highest BCUT2D eigenvalue weighted by Crippen LogP contribution is 2.23. The van der Waals surface area contributed by atoms with Crippen LogP contribution in [0.1, 0.15) is 16.7 Å². The molecule has 21 heavy (non-hydrogen) atoms. The molecule has 0 spiro atoms. The molecule has 0 aromatic heterocycles. The van der Waals surface area contributed by atoms with Crippen molar-refractivity contribution in [2.24, 2.45) is 0 Å². The van der Waals surface area contributed by atoms with E-state index in [1.54, 1.807) is 6.07 Å². The molecule has 0 aliphatic carbocycles. The van der Waals surface area contributed by atoms with Crippen LogP contribution in [0.5, 0.6) is 0 Å². The van der Waals surface area contributed by atoms with Gasteiger partial charge in [0.25, 0.3) is 10.0 Å². The average Bonchev–Trinajstić information content (AvgIpc) is 2.41. The summed E-state index contributed by atoms with van der Waals surface area (Å²) in [6.45, 7) is 3.75. The molecule has 0 unspecified atom stereocenters. The van der Waals surface area contributed by atoms with Crippen molar-refractivity contribution in [1.82, 2.24) is 0 Å². The van der Waals surface area contributed by atoms with Crippen LogP contribution in [0.25, 0.3) is 0 Å². The summed E-state index contributed by atoms with van der Waals surface area (Å²) in [7, 11) is -3.84. The third-order valence-electron chi connectivity index (χ3n) is 3.04. The maximum atomic E-state index is 12.4. The number of sulfonamides is 1. The quantitative estimate of drug-likeness (QED) is 0.851. The largest absolute Gasteiger partial charge is 0.399 e. The monoisotopic (exact) mass is 301 g/mol. The third-order valence-corrected chi connectivity index (χ3v) is 4.46. The zero-order chi connectivity index (χ0) is 15.6. The summed E-state index contributed by atoms with van der Waals surface area (Å²) >= 11 is 0. The van der Waals surface area contributed by atoms with E-state index in [1.807, 2.05) is 32.0 Å². The lowest BCUT2D eigenvalue weighted by atomic mass is 10.1. The van der Waals surface area contributed by atoms with E-state index in [1.165, 1.54) is 18.2 Å². The van der Waals surface area contributed by atoms with Gasteiger partial charge in [0, 0.05) is 5.69 Å². The van der Waals surface area contributed by atoms with Gasteiger partial charge in [-0.25, -0.2) is 8.42 Å². The molecule has 5 nitrogen and oxygen atoms in total. The lowest BCUT2D eigenvalue weighted by molar-refractivity contribution is 0.601. The predicted octanol–water partition coefficient (Wildman–Crippen LogP) is 2.56. The van der Waals surface area contributed by atoms with Crippen LogP contribution >= 0.6 is 0 Å². The molecule has 2 rings (SSSR count). The number of nitrogen functional groups attached to an aromatic ring is 1. The standard InChI is InChI=1S/C15H15N3O2S/c1-10-3-5-14(11(2)7-10)18-21(19,20)15-6-4-13(17)8-12(15)9-16/h3-8,18H,17H2,1-2H3. The number of hydrogen-bond donors (Lipinski definition) is 2. The number of nitrogens with zero attached hydrogens (tertiary/aromatic N) is 1. The van der Waals surface area contributed by atoms with Crippen LogP contribution in [0, 0.1) is 25.2 Å². The fraction of sp³-hybridized carbons (Fsp3) is 0.133. The van der Waals surface area contributed by atoms with Crippen LogP contribution in [0.3, 0.4) is 0 Å². The first-order valence-corrected chi connectivity index (χ1v) is 7.71. The highest BCUT2D eigenvalue weighted by molar-refractivity contribution is 7.92. The van der Waals surface area contributed by atoms with E-state index in [-0.39, 0.29) is 10.5 Å². The Labute approximate surface area is 124 Å². The van der Waals surface area contributed by atoms with Crippen molar-refractivity contribution in [2.45, 2.75) is 18.7 Å². The highest BCUT2D eigenvalue weighted by Gasteiger charge is 2.19. The van der Waals surface area contributed by atoms with Crippen LogP contribution in [0.4, 0.5) is 11.4 Å². The molecule has 0 atom stereocenters. The number of anilines is 2. The van der Waals surface area contributed by atoms with Crippen molar-refractivity contribution in [3.8, 4) is 6.07 Å². The summed E-state index contributed by atoms with van der Waals surface area (Å²) in [5.74, 6) is 0. The Balaban J connectivity index is 2.46. The summed E-state index contributed by atoms with van der Waals surface area (Å²) in [5, 5.41) is 9.07. The molecule has 0 aliphatic rings. The smallest absolute Gasteiger partial charge is 0.263 e. The van der Waals surface area contributed by atoms with Crippen LogP contribution in [-0.2, 0) is 10.0 Å². The summed E-state index contributed by atoms with van der Waals surface area (Å²) < 4.78 is 27.4. The first-order chi connectivity index (χ1) is 9.83. The first-order valence-electron chi connectivity index (χ1n) is 6.23. The van der Waals surface area contributed by atoms with Crippen molar-refractivity contribution >= 4 is 21.4 Å². The van der Waals surface area contributed by atoms with E-state index in [0.717, 1.165) is 11.1 Å². The van der Waals surface area contributed by atoms with Gasteiger partial charge in [-0.3, -0.25) is 4.72 Å². The minimum absolute atomic E-state index is 0.0206. The zero-order valence-corrected chi connectivity index (χ0v) is 12.5. The molecule has 0 fully saturated rings. The molecule has 2 aromatic rings. The van der Waals surface area contributed by atoms with Crippen LogP contribution in [-0.4, -0.2) is 8.42 Å². The molecule has 0 saturated heterocycles. The topological polar surface area (TPSA) is 96.0 Å². The van der Waals surface area contributed by atoms with E-state index in [4.69, 9.17) is 11.0 Å². The van der Waals surface area contributed by atoms with Crippen LogP contribution in [0.2, 0.25) is 0 Å². The van der Waals surface area contributed by atoms with Gasteiger partial charge >= 0.3 is 0 Å². The number of nitrogens with one attached hydrogen (secondary N) is 1. The Kier molecular flexibility index (Phi) is 3.87. The van der Waals surface area contributed by atoms with Crippen molar-refractivity contribution < 1.29 is 8.42 Å². The van der Waals surface area contributed by atoms with E-state index in [2.05, 4.69) is 4.72 Å². The molecular formula is C15H15N3O2S. The second kappa shape index (κ2) is 5.46. The summed E-state index contributed by atoms with van der Waals surface area (Å²) in [5.41, 5.74) is 8.28. The van der Waals surface area contributed by atoms with E-state index < -0.39 is 10.0 Å². The summed E-state index contributed by atoms with van der Waals surface area (Å²) in [6.07, 6.45) is 0. The molecule has 2 aromatic carbocycles. The van der Waals surface area contributed by atoms with Gasteiger partial charge in [0.05, 0.1) is 11.3 Å².